The fourth-order valence-electron chi connectivity index (χ4n) is 3.36. The molecule has 1 amide bonds. The first-order chi connectivity index (χ1) is 13.1. The summed E-state index contributed by atoms with van der Waals surface area (Å²) in [6, 6.07) is 3.82. The Hall–Kier alpha value is -2.88. The van der Waals surface area contributed by atoms with Crippen molar-refractivity contribution in [3.05, 3.63) is 28.3 Å². The molecule has 0 aliphatic heterocycles. The van der Waals surface area contributed by atoms with Crippen molar-refractivity contribution >= 4 is 17.6 Å². The van der Waals surface area contributed by atoms with Crippen LogP contribution in [0.2, 0.25) is 0 Å². The summed E-state index contributed by atoms with van der Waals surface area (Å²) in [4.78, 5) is 34.5. The standard InChI is InChI=1S/C18H24N2O8/c1-5-27-14-9-18(16(22)23,17(14,2)3)19-15(21)10-28-11-6-7-12(20(24)25)13(8-11)26-4/h6-8,14H,5,9-10H2,1-4H3,(H,19,21)(H,22,23). The van der Waals surface area contributed by atoms with Crippen LogP contribution in [0.1, 0.15) is 27.2 Å². The Morgan fingerprint density at radius 3 is 2.57 bits per heavy atom. The van der Waals surface area contributed by atoms with Gasteiger partial charge in [-0.3, -0.25) is 14.9 Å². The van der Waals surface area contributed by atoms with Gasteiger partial charge >= 0.3 is 11.7 Å². The number of nitro benzene ring substituents is 1. The van der Waals surface area contributed by atoms with Gasteiger partial charge in [-0.2, -0.15) is 0 Å². The molecule has 0 spiro atoms. The van der Waals surface area contributed by atoms with E-state index in [9.17, 15) is 24.8 Å². The predicted octanol–water partition coefficient (Wildman–Crippen LogP) is 1.76. The van der Waals surface area contributed by atoms with E-state index in [2.05, 4.69) is 5.32 Å². The van der Waals surface area contributed by atoms with Crippen LogP contribution in [-0.2, 0) is 14.3 Å². The molecule has 0 bridgehead atoms. The number of hydrogen-bond acceptors (Lipinski definition) is 7. The number of aliphatic carboxylic acids is 1. The van der Waals surface area contributed by atoms with Crippen LogP contribution in [-0.4, -0.2) is 53.9 Å². The van der Waals surface area contributed by atoms with E-state index in [1.165, 1.54) is 25.3 Å². The van der Waals surface area contributed by atoms with E-state index in [-0.39, 0.29) is 29.7 Å². The highest BCUT2D eigenvalue weighted by atomic mass is 16.6. The summed E-state index contributed by atoms with van der Waals surface area (Å²) in [7, 11) is 1.28. The number of nitrogens with zero attached hydrogens (tertiary/aromatic N) is 1. The molecular formula is C18H24N2O8. The van der Waals surface area contributed by atoms with E-state index in [1.807, 2.05) is 6.92 Å². The van der Waals surface area contributed by atoms with Crippen molar-refractivity contribution in [2.45, 2.75) is 38.8 Å². The zero-order chi connectivity index (χ0) is 21.1. The molecule has 1 aromatic carbocycles. The number of nitrogens with one attached hydrogen (secondary N) is 1. The molecule has 154 valence electrons. The summed E-state index contributed by atoms with van der Waals surface area (Å²) in [5, 5.41) is 23.2. The van der Waals surface area contributed by atoms with Crippen LogP contribution < -0.4 is 14.8 Å². The van der Waals surface area contributed by atoms with Gasteiger partial charge in [-0.05, 0) is 13.0 Å². The molecule has 1 aliphatic carbocycles. The second-order valence-corrected chi connectivity index (χ2v) is 7.01. The lowest BCUT2D eigenvalue weighted by Crippen LogP contribution is -2.76. The van der Waals surface area contributed by atoms with Crippen molar-refractivity contribution < 1.29 is 33.8 Å². The number of hydrogen-bond donors (Lipinski definition) is 2. The highest BCUT2D eigenvalue weighted by Crippen LogP contribution is 2.51. The van der Waals surface area contributed by atoms with Gasteiger partial charge in [0.05, 0.1) is 18.1 Å². The molecule has 1 aliphatic rings. The molecule has 1 aromatic rings. The molecule has 2 atom stereocenters. The van der Waals surface area contributed by atoms with Crippen LogP contribution in [0.15, 0.2) is 18.2 Å². The van der Waals surface area contributed by atoms with Gasteiger partial charge in [-0.25, -0.2) is 4.79 Å². The van der Waals surface area contributed by atoms with Crippen LogP contribution >= 0.6 is 0 Å². The van der Waals surface area contributed by atoms with Gasteiger partial charge in [0, 0.05) is 30.6 Å². The molecule has 0 saturated heterocycles. The lowest BCUT2D eigenvalue weighted by molar-refractivity contribution is -0.385. The molecule has 0 radical (unpaired) electrons. The van der Waals surface area contributed by atoms with Crippen molar-refractivity contribution in [1.82, 2.24) is 5.32 Å². The van der Waals surface area contributed by atoms with Crippen LogP contribution in [0.4, 0.5) is 5.69 Å². The molecular weight excluding hydrogens is 372 g/mol. The maximum absolute atomic E-state index is 12.3. The van der Waals surface area contributed by atoms with E-state index < -0.39 is 34.4 Å². The molecule has 2 unspecified atom stereocenters. The maximum atomic E-state index is 12.3. The number of ether oxygens (including phenoxy) is 3. The van der Waals surface area contributed by atoms with E-state index in [4.69, 9.17) is 14.2 Å². The summed E-state index contributed by atoms with van der Waals surface area (Å²) < 4.78 is 15.8. The number of carbonyl (C=O) groups excluding carboxylic acids is 1. The molecule has 10 heteroatoms. The second kappa shape index (κ2) is 8.01. The fourth-order valence-corrected chi connectivity index (χ4v) is 3.36. The average Bonchev–Trinajstić information content (AvgIpc) is 2.64. The summed E-state index contributed by atoms with van der Waals surface area (Å²) in [5.41, 5.74) is -2.50. The monoisotopic (exact) mass is 396 g/mol. The molecule has 2 rings (SSSR count). The molecule has 0 aromatic heterocycles. The Morgan fingerprint density at radius 2 is 2.07 bits per heavy atom. The zero-order valence-electron chi connectivity index (χ0n) is 16.2. The van der Waals surface area contributed by atoms with Gasteiger partial charge in [-0.1, -0.05) is 13.8 Å². The van der Waals surface area contributed by atoms with Gasteiger partial charge < -0.3 is 24.6 Å². The third kappa shape index (κ3) is 3.72. The Labute approximate surface area is 161 Å². The van der Waals surface area contributed by atoms with Crippen molar-refractivity contribution in [2.24, 2.45) is 5.41 Å². The number of nitro groups is 1. The van der Waals surface area contributed by atoms with Crippen LogP contribution in [0.25, 0.3) is 0 Å². The second-order valence-electron chi connectivity index (χ2n) is 7.01. The van der Waals surface area contributed by atoms with Gasteiger partial charge in [0.1, 0.15) is 11.3 Å². The average molecular weight is 396 g/mol. The molecule has 1 fully saturated rings. The van der Waals surface area contributed by atoms with Crippen LogP contribution in [0.3, 0.4) is 0 Å². The lowest BCUT2D eigenvalue weighted by Gasteiger charge is -2.58. The van der Waals surface area contributed by atoms with E-state index in [0.717, 1.165) is 0 Å². The Morgan fingerprint density at radius 1 is 1.39 bits per heavy atom. The Balaban J connectivity index is 2.05. The van der Waals surface area contributed by atoms with Crippen LogP contribution in [0, 0.1) is 15.5 Å². The molecule has 1 saturated carbocycles. The van der Waals surface area contributed by atoms with Gasteiger partial charge in [0.15, 0.2) is 6.61 Å². The molecule has 2 N–H and O–H groups in total. The largest absolute Gasteiger partial charge is 0.490 e. The van der Waals surface area contributed by atoms with E-state index >= 15 is 0 Å². The van der Waals surface area contributed by atoms with Crippen LogP contribution in [0.5, 0.6) is 11.5 Å². The van der Waals surface area contributed by atoms with Crippen molar-refractivity contribution in [1.29, 1.82) is 0 Å². The Bertz CT molecular complexity index is 779. The fraction of sp³-hybridized carbons (Fsp3) is 0.556. The highest BCUT2D eigenvalue weighted by molar-refractivity contribution is 5.90. The van der Waals surface area contributed by atoms with Gasteiger partial charge in [0.25, 0.3) is 5.91 Å². The maximum Gasteiger partial charge on any atom is 0.330 e. The topological polar surface area (TPSA) is 137 Å². The van der Waals surface area contributed by atoms with E-state index in [0.29, 0.717) is 6.61 Å². The lowest BCUT2D eigenvalue weighted by atomic mass is 9.54. The Kier molecular flexibility index (Phi) is 6.13. The van der Waals surface area contributed by atoms with E-state index in [1.54, 1.807) is 13.8 Å². The minimum absolute atomic E-state index is 0.00963. The number of rotatable bonds is 9. The highest BCUT2D eigenvalue weighted by Gasteiger charge is 2.66. The zero-order valence-corrected chi connectivity index (χ0v) is 16.2. The SMILES string of the molecule is CCOC1CC(NC(=O)COc2ccc([N+](=O)[O-])c(OC)c2)(C(=O)O)C1(C)C. The number of carbonyl (C=O) groups is 2. The number of carboxylic acid groups (broad SMARTS) is 1. The smallest absolute Gasteiger partial charge is 0.330 e. The van der Waals surface area contributed by atoms with Crippen molar-refractivity contribution in [3.8, 4) is 11.5 Å². The normalized spacial score (nSPS) is 22.6. The summed E-state index contributed by atoms with van der Waals surface area (Å²) in [6.45, 7) is 5.27. The molecule has 10 nitrogen and oxygen atoms in total. The number of amides is 1. The number of carboxylic acids is 1. The first-order valence-corrected chi connectivity index (χ1v) is 8.70. The minimum Gasteiger partial charge on any atom is -0.490 e. The molecule has 0 heterocycles. The third-order valence-electron chi connectivity index (χ3n) is 5.20. The van der Waals surface area contributed by atoms with Gasteiger partial charge in [-0.15, -0.1) is 0 Å². The third-order valence-corrected chi connectivity index (χ3v) is 5.20. The number of methoxy groups -OCH3 is 1. The quantitative estimate of drug-likeness (QED) is 0.476. The first-order valence-electron chi connectivity index (χ1n) is 8.70. The molecule has 28 heavy (non-hydrogen) atoms. The summed E-state index contributed by atoms with van der Waals surface area (Å²) >= 11 is 0. The van der Waals surface area contributed by atoms with Gasteiger partial charge in [0.2, 0.25) is 5.75 Å². The summed E-state index contributed by atoms with van der Waals surface area (Å²) in [5.74, 6) is -1.59. The summed E-state index contributed by atoms with van der Waals surface area (Å²) in [6.07, 6.45) is -0.131. The minimum atomic E-state index is -1.46. The predicted molar refractivity (Wildman–Crippen MR) is 97.5 cm³/mol. The van der Waals surface area contributed by atoms with Crippen molar-refractivity contribution in [3.63, 3.8) is 0 Å². The van der Waals surface area contributed by atoms with Crippen molar-refractivity contribution in [2.75, 3.05) is 20.3 Å². The first kappa shape index (κ1) is 21.4. The number of benzene rings is 1.